The van der Waals surface area contributed by atoms with Crippen LogP contribution >= 0.6 is 0 Å². The topological polar surface area (TPSA) is 79.9 Å². The Morgan fingerprint density at radius 2 is 1.85 bits per heavy atom. The summed E-state index contributed by atoms with van der Waals surface area (Å²) < 4.78 is 11.6. The lowest BCUT2D eigenvalue weighted by molar-refractivity contribution is 0.0367. The van der Waals surface area contributed by atoms with Crippen LogP contribution in [0, 0.1) is 5.92 Å². The van der Waals surface area contributed by atoms with Crippen LogP contribution in [0.5, 0.6) is 5.75 Å². The van der Waals surface area contributed by atoms with E-state index in [0.717, 1.165) is 56.8 Å². The molecule has 0 aromatic heterocycles. The van der Waals surface area contributed by atoms with Gasteiger partial charge < -0.3 is 20.1 Å². The summed E-state index contributed by atoms with van der Waals surface area (Å²) in [6.45, 7) is 6.66. The first-order valence-corrected chi connectivity index (χ1v) is 12.3. The van der Waals surface area contributed by atoms with Gasteiger partial charge in [0.15, 0.2) is 0 Å². The van der Waals surface area contributed by atoms with E-state index < -0.39 is 0 Å². The van der Waals surface area contributed by atoms with Crippen molar-refractivity contribution >= 4 is 11.8 Å². The van der Waals surface area contributed by atoms with E-state index >= 15 is 0 Å². The van der Waals surface area contributed by atoms with Crippen molar-refractivity contribution in [1.29, 1.82) is 0 Å². The first-order valence-electron chi connectivity index (χ1n) is 12.3. The molecule has 0 radical (unpaired) electrons. The number of fused-ring (bicyclic) bond motifs is 1. The third kappa shape index (κ3) is 4.68. The first-order chi connectivity index (χ1) is 16.5. The van der Waals surface area contributed by atoms with Crippen LogP contribution in [0.15, 0.2) is 42.5 Å². The first kappa shape index (κ1) is 22.9. The van der Waals surface area contributed by atoms with Gasteiger partial charge in [-0.25, -0.2) is 0 Å². The molecule has 2 N–H and O–H groups in total. The molecule has 34 heavy (non-hydrogen) atoms. The molecule has 0 unspecified atom stereocenters. The van der Waals surface area contributed by atoms with Gasteiger partial charge >= 0.3 is 0 Å². The molecule has 1 aliphatic carbocycles. The van der Waals surface area contributed by atoms with Crippen LogP contribution in [0.4, 0.5) is 0 Å². The van der Waals surface area contributed by atoms with Gasteiger partial charge in [-0.1, -0.05) is 30.3 Å². The zero-order valence-corrected chi connectivity index (χ0v) is 19.9. The van der Waals surface area contributed by atoms with Crippen LogP contribution in [0.3, 0.4) is 0 Å². The Hall–Kier alpha value is -2.90. The van der Waals surface area contributed by atoms with Crippen LogP contribution in [-0.4, -0.2) is 68.8 Å². The summed E-state index contributed by atoms with van der Waals surface area (Å²) in [4.78, 5) is 28.3. The zero-order chi connectivity index (χ0) is 23.7. The monoisotopic (exact) mass is 463 g/mol. The molecule has 2 amide bonds. The van der Waals surface area contributed by atoms with Gasteiger partial charge in [0.25, 0.3) is 11.8 Å². The molecular formula is C27H33N3O4. The van der Waals surface area contributed by atoms with E-state index in [1.807, 2.05) is 31.2 Å². The Morgan fingerprint density at radius 3 is 2.59 bits per heavy atom. The molecule has 1 saturated heterocycles. The largest absolute Gasteiger partial charge is 0.489 e. The molecule has 2 fully saturated rings. The van der Waals surface area contributed by atoms with E-state index in [1.54, 1.807) is 13.1 Å². The Kier molecular flexibility index (Phi) is 6.57. The highest BCUT2D eigenvalue weighted by atomic mass is 16.5. The molecule has 0 bridgehead atoms. The maximum atomic E-state index is 13.2. The van der Waals surface area contributed by atoms with Gasteiger partial charge in [0.2, 0.25) is 0 Å². The van der Waals surface area contributed by atoms with Crippen LogP contribution in [0.25, 0.3) is 0 Å². The lowest BCUT2D eigenvalue weighted by Crippen LogP contribution is -2.37. The van der Waals surface area contributed by atoms with Gasteiger partial charge in [0.05, 0.1) is 18.8 Å². The van der Waals surface area contributed by atoms with Crippen molar-refractivity contribution in [1.82, 2.24) is 15.5 Å². The summed E-state index contributed by atoms with van der Waals surface area (Å²) >= 11 is 0. The lowest BCUT2D eigenvalue weighted by Gasteiger charge is -2.26. The smallest absolute Gasteiger partial charge is 0.254 e. The van der Waals surface area contributed by atoms with E-state index in [0.29, 0.717) is 22.8 Å². The minimum atomic E-state index is -0.248. The van der Waals surface area contributed by atoms with Crippen molar-refractivity contribution in [3.63, 3.8) is 0 Å². The second-order valence-electron chi connectivity index (χ2n) is 9.55. The van der Waals surface area contributed by atoms with Crippen LogP contribution in [-0.2, 0) is 4.74 Å². The quantitative estimate of drug-likeness (QED) is 0.660. The summed E-state index contributed by atoms with van der Waals surface area (Å²) in [5, 5.41) is 5.88. The number of carbonyl (C=O) groups is 2. The van der Waals surface area contributed by atoms with Gasteiger partial charge in [0.1, 0.15) is 11.9 Å². The number of ether oxygens (including phenoxy) is 2. The predicted molar refractivity (Wildman–Crippen MR) is 129 cm³/mol. The van der Waals surface area contributed by atoms with Crippen LogP contribution in [0.1, 0.15) is 57.5 Å². The van der Waals surface area contributed by atoms with Gasteiger partial charge in [-0.05, 0) is 49.9 Å². The second-order valence-corrected chi connectivity index (χ2v) is 9.55. The second kappa shape index (κ2) is 9.76. The molecule has 3 aliphatic rings. The van der Waals surface area contributed by atoms with Crippen LogP contribution < -0.4 is 15.4 Å². The number of rotatable bonds is 7. The molecule has 0 spiro atoms. The number of amides is 2. The van der Waals surface area contributed by atoms with E-state index in [4.69, 9.17) is 9.47 Å². The lowest BCUT2D eigenvalue weighted by atomic mass is 9.87. The number of nitrogens with one attached hydrogen (secondary N) is 2. The number of hydrogen-bond donors (Lipinski definition) is 2. The van der Waals surface area contributed by atoms with Gasteiger partial charge in [0, 0.05) is 43.2 Å². The summed E-state index contributed by atoms with van der Waals surface area (Å²) in [5.41, 5.74) is 2.93. The zero-order valence-electron chi connectivity index (χ0n) is 19.9. The fraction of sp³-hybridized carbons (Fsp3) is 0.481. The highest BCUT2D eigenvalue weighted by molar-refractivity contribution is 6.02. The molecule has 5 rings (SSSR count). The Labute approximate surface area is 200 Å². The molecule has 2 aliphatic heterocycles. The van der Waals surface area contributed by atoms with Crippen molar-refractivity contribution < 1.29 is 19.1 Å². The fourth-order valence-corrected chi connectivity index (χ4v) is 5.23. The van der Waals surface area contributed by atoms with Gasteiger partial charge in [-0.15, -0.1) is 0 Å². The molecule has 2 aromatic rings. The standard InChI is InChI=1S/C27H33N3O4/c1-17-24(18-6-4-3-5-7-18)21-14-20(15-22(25(21)34-17)27(32)28-2)26(31)29-23-16-19(23)8-9-30-10-12-33-13-11-30/h3-7,14-15,17,19,23-24H,8-13,16H2,1-2H3,(H,28,32)(H,29,31)/t17-,19-,23-,24-/m0/s1. The number of nitrogens with zero attached hydrogens (tertiary/aromatic N) is 1. The average molecular weight is 464 g/mol. The summed E-state index contributed by atoms with van der Waals surface area (Å²) in [7, 11) is 1.60. The molecule has 7 heteroatoms. The average Bonchev–Trinajstić information content (AvgIpc) is 3.52. The highest BCUT2D eigenvalue weighted by Gasteiger charge is 2.40. The predicted octanol–water partition coefficient (Wildman–Crippen LogP) is 2.80. The molecule has 180 valence electrons. The highest BCUT2D eigenvalue weighted by Crippen LogP contribution is 2.45. The van der Waals surface area contributed by atoms with Gasteiger partial charge in [-0.3, -0.25) is 14.5 Å². The third-order valence-electron chi connectivity index (χ3n) is 7.28. The number of hydrogen-bond acceptors (Lipinski definition) is 5. The molecule has 4 atom stereocenters. The van der Waals surface area contributed by atoms with E-state index in [2.05, 4.69) is 27.7 Å². The maximum Gasteiger partial charge on any atom is 0.254 e. The maximum absolute atomic E-state index is 13.2. The fourth-order valence-electron chi connectivity index (χ4n) is 5.23. The van der Waals surface area contributed by atoms with Crippen molar-refractivity contribution in [3.05, 3.63) is 64.7 Å². The number of benzene rings is 2. The van der Waals surface area contributed by atoms with E-state index in [-0.39, 0.29) is 29.9 Å². The van der Waals surface area contributed by atoms with Crippen molar-refractivity contribution in [2.45, 2.75) is 37.8 Å². The number of morpholine rings is 1. The Bertz CT molecular complexity index is 1050. The van der Waals surface area contributed by atoms with Crippen molar-refractivity contribution in [2.75, 3.05) is 39.9 Å². The molecule has 1 saturated carbocycles. The minimum absolute atomic E-state index is 0.0328. The van der Waals surface area contributed by atoms with Crippen molar-refractivity contribution in [2.24, 2.45) is 5.92 Å². The minimum Gasteiger partial charge on any atom is -0.489 e. The SMILES string of the molecule is CNC(=O)c1cc(C(=O)N[C@H]2C[C@@H]2CCN2CCOCC2)cc2c1O[C@@H](C)[C@H]2c1ccccc1. The van der Waals surface area contributed by atoms with Crippen LogP contribution in [0.2, 0.25) is 0 Å². The Morgan fingerprint density at radius 1 is 1.09 bits per heavy atom. The van der Waals surface area contributed by atoms with Gasteiger partial charge in [-0.2, -0.15) is 0 Å². The third-order valence-corrected chi connectivity index (χ3v) is 7.28. The Balaban J connectivity index is 1.32. The molecule has 2 heterocycles. The normalized spacial score (nSPS) is 25.8. The molecule has 2 aromatic carbocycles. The molecular weight excluding hydrogens is 430 g/mol. The van der Waals surface area contributed by atoms with E-state index in [1.165, 1.54) is 0 Å². The molecule has 7 nitrogen and oxygen atoms in total. The summed E-state index contributed by atoms with van der Waals surface area (Å²) in [6, 6.07) is 13.9. The number of carbonyl (C=O) groups excluding carboxylic acids is 2. The van der Waals surface area contributed by atoms with Crippen molar-refractivity contribution in [3.8, 4) is 5.75 Å². The summed E-state index contributed by atoms with van der Waals surface area (Å²) in [5.74, 6) is 0.682. The van der Waals surface area contributed by atoms with E-state index in [9.17, 15) is 9.59 Å². The summed E-state index contributed by atoms with van der Waals surface area (Å²) in [6.07, 6.45) is 1.96.